The third-order valence-corrected chi connectivity index (χ3v) is 3.78. The molecule has 5 nitrogen and oxygen atoms in total. The Hall–Kier alpha value is -1.91. The Morgan fingerprint density at radius 1 is 1.35 bits per heavy atom. The van der Waals surface area contributed by atoms with Crippen molar-refractivity contribution < 1.29 is 14.7 Å². The lowest BCUT2D eigenvalue weighted by atomic mass is 9.76. The lowest BCUT2D eigenvalue weighted by Crippen LogP contribution is -2.39. The van der Waals surface area contributed by atoms with Gasteiger partial charge in [-0.1, -0.05) is 13.8 Å². The summed E-state index contributed by atoms with van der Waals surface area (Å²) in [7, 11) is 0. The van der Waals surface area contributed by atoms with Crippen molar-refractivity contribution in [2.45, 2.75) is 33.6 Å². The fraction of sp³-hybridized carbons (Fsp3) is 0.533. The fourth-order valence-corrected chi connectivity index (χ4v) is 1.82. The van der Waals surface area contributed by atoms with Crippen LogP contribution in [-0.4, -0.2) is 28.5 Å². The summed E-state index contributed by atoms with van der Waals surface area (Å²) in [5.41, 5.74) is 0.0611. The highest BCUT2D eigenvalue weighted by molar-refractivity contribution is 5.84. The van der Waals surface area contributed by atoms with Gasteiger partial charge in [0.15, 0.2) is 0 Å². The highest BCUT2D eigenvalue weighted by Gasteiger charge is 2.38. The second kappa shape index (κ2) is 7.03. The van der Waals surface area contributed by atoms with E-state index in [1.54, 1.807) is 19.3 Å². The van der Waals surface area contributed by atoms with Gasteiger partial charge in [0.25, 0.3) is 0 Å². The monoisotopic (exact) mass is 278 g/mol. The number of carboxylic acids is 1. The molecule has 20 heavy (non-hydrogen) atoms. The fourth-order valence-electron chi connectivity index (χ4n) is 1.82. The van der Waals surface area contributed by atoms with Crippen LogP contribution in [0.15, 0.2) is 24.5 Å². The summed E-state index contributed by atoms with van der Waals surface area (Å²) < 4.78 is 0. The van der Waals surface area contributed by atoms with Crippen LogP contribution in [0.4, 0.5) is 0 Å². The summed E-state index contributed by atoms with van der Waals surface area (Å²) in [6.07, 6.45) is 4.12. The van der Waals surface area contributed by atoms with Gasteiger partial charge in [-0.05, 0) is 37.0 Å². The number of carbonyl (C=O) groups is 2. The second-order valence-electron chi connectivity index (χ2n) is 5.51. The van der Waals surface area contributed by atoms with E-state index < -0.39 is 11.4 Å². The molecule has 1 aromatic heterocycles. The van der Waals surface area contributed by atoms with E-state index in [-0.39, 0.29) is 18.2 Å². The van der Waals surface area contributed by atoms with Crippen LogP contribution in [0.25, 0.3) is 0 Å². The Bertz CT molecular complexity index is 459. The molecular weight excluding hydrogens is 256 g/mol. The predicted molar refractivity (Wildman–Crippen MR) is 76.1 cm³/mol. The first-order valence-electron chi connectivity index (χ1n) is 6.75. The van der Waals surface area contributed by atoms with Crippen molar-refractivity contribution in [2.75, 3.05) is 6.54 Å². The molecule has 0 aliphatic carbocycles. The average molecular weight is 278 g/mol. The number of aromatic nitrogens is 1. The Morgan fingerprint density at radius 3 is 2.45 bits per heavy atom. The van der Waals surface area contributed by atoms with Crippen molar-refractivity contribution in [3.8, 4) is 0 Å². The Balaban J connectivity index is 2.45. The molecule has 0 saturated heterocycles. The summed E-state index contributed by atoms with van der Waals surface area (Å²) >= 11 is 0. The smallest absolute Gasteiger partial charge is 0.310 e. The van der Waals surface area contributed by atoms with Crippen LogP contribution in [0.5, 0.6) is 0 Å². The molecule has 1 atom stereocenters. The zero-order valence-corrected chi connectivity index (χ0v) is 12.2. The van der Waals surface area contributed by atoms with E-state index in [1.807, 2.05) is 26.0 Å². The van der Waals surface area contributed by atoms with E-state index in [1.165, 1.54) is 0 Å². The second-order valence-corrected chi connectivity index (χ2v) is 5.51. The molecule has 0 bridgehead atoms. The highest BCUT2D eigenvalue weighted by Crippen LogP contribution is 2.31. The Morgan fingerprint density at radius 2 is 1.95 bits per heavy atom. The maximum absolute atomic E-state index is 11.9. The van der Waals surface area contributed by atoms with E-state index in [0.29, 0.717) is 13.0 Å². The van der Waals surface area contributed by atoms with Crippen LogP contribution in [0.3, 0.4) is 0 Å². The number of nitrogens with zero attached hydrogens (tertiary/aromatic N) is 1. The Kier molecular flexibility index (Phi) is 5.67. The van der Waals surface area contributed by atoms with Crippen molar-refractivity contribution >= 4 is 11.9 Å². The maximum Gasteiger partial charge on any atom is 0.310 e. The molecule has 0 aliphatic rings. The molecule has 0 radical (unpaired) electrons. The van der Waals surface area contributed by atoms with Crippen LogP contribution < -0.4 is 5.32 Å². The molecule has 0 fully saturated rings. The summed E-state index contributed by atoms with van der Waals surface area (Å²) in [6, 6.07) is 3.78. The number of carboxylic acid groups (broad SMARTS) is 1. The quantitative estimate of drug-likeness (QED) is 0.798. The van der Waals surface area contributed by atoms with E-state index in [4.69, 9.17) is 0 Å². The molecule has 0 spiro atoms. The average Bonchev–Trinajstić information content (AvgIpc) is 2.39. The molecule has 0 aromatic carbocycles. The van der Waals surface area contributed by atoms with Crippen molar-refractivity contribution in [1.29, 1.82) is 0 Å². The molecule has 0 aliphatic heterocycles. The zero-order chi connectivity index (χ0) is 15.2. The number of hydrogen-bond donors (Lipinski definition) is 2. The predicted octanol–water partition coefficient (Wildman–Crippen LogP) is 1.88. The van der Waals surface area contributed by atoms with Gasteiger partial charge in [0.1, 0.15) is 0 Å². The van der Waals surface area contributed by atoms with Gasteiger partial charge in [-0.2, -0.15) is 0 Å². The molecule has 5 heteroatoms. The van der Waals surface area contributed by atoms with Crippen LogP contribution >= 0.6 is 0 Å². The number of amides is 1. The summed E-state index contributed by atoms with van der Waals surface area (Å²) in [5, 5.41) is 12.0. The van der Waals surface area contributed by atoms with Gasteiger partial charge >= 0.3 is 5.97 Å². The van der Waals surface area contributed by atoms with Crippen molar-refractivity contribution in [1.82, 2.24) is 10.3 Å². The third kappa shape index (κ3) is 4.33. The van der Waals surface area contributed by atoms with Gasteiger partial charge in [0.2, 0.25) is 5.91 Å². The van der Waals surface area contributed by atoms with Crippen molar-refractivity contribution in [3.63, 3.8) is 0 Å². The molecule has 1 rings (SSSR count). The number of hydrogen-bond acceptors (Lipinski definition) is 3. The SMILES string of the molecule is CC(C)C(C)(CC(=O)NCCc1ccncc1)C(=O)O. The van der Waals surface area contributed by atoms with E-state index in [9.17, 15) is 14.7 Å². The minimum atomic E-state index is -1.03. The van der Waals surface area contributed by atoms with Crippen molar-refractivity contribution in [3.05, 3.63) is 30.1 Å². The lowest BCUT2D eigenvalue weighted by Gasteiger charge is -2.28. The molecule has 1 amide bonds. The minimum Gasteiger partial charge on any atom is -0.481 e. The molecule has 110 valence electrons. The topological polar surface area (TPSA) is 79.3 Å². The molecular formula is C15H22N2O3. The van der Waals surface area contributed by atoms with Gasteiger partial charge < -0.3 is 10.4 Å². The summed E-state index contributed by atoms with van der Waals surface area (Å²) in [6.45, 7) is 5.75. The van der Waals surface area contributed by atoms with Crippen LogP contribution in [0, 0.1) is 11.3 Å². The maximum atomic E-state index is 11.9. The normalized spacial score (nSPS) is 13.8. The van der Waals surface area contributed by atoms with E-state index in [2.05, 4.69) is 10.3 Å². The highest BCUT2D eigenvalue weighted by atomic mass is 16.4. The van der Waals surface area contributed by atoms with Gasteiger partial charge in [-0.3, -0.25) is 14.6 Å². The van der Waals surface area contributed by atoms with Crippen LogP contribution in [0.2, 0.25) is 0 Å². The largest absolute Gasteiger partial charge is 0.481 e. The van der Waals surface area contributed by atoms with Crippen LogP contribution in [-0.2, 0) is 16.0 Å². The first kappa shape index (κ1) is 16.1. The van der Waals surface area contributed by atoms with Gasteiger partial charge in [0.05, 0.1) is 5.41 Å². The van der Waals surface area contributed by atoms with E-state index >= 15 is 0 Å². The lowest BCUT2D eigenvalue weighted by molar-refractivity contribution is -0.153. The van der Waals surface area contributed by atoms with Gasteiger partial charge in [-0.15, -0.1) is 0 Å². The number of carbonyl (C=O) groups excluding carboxylic acids is 1. The minimum absolute atomic E-state index is 0.00363. The first-order valence-corrected chi connectivity index (χ1v) is 6.75. The molecule has 2 N–H and O–H groups in total. The summed E-state index contributed by atoms with van der Waals surface area (Å²) in [4.78, 5) is 27.1. The molecule has 1 heterocycles. The first-order chi connectivity index (χ1) is 9.36. The van der Waals surface area contributed by atoms with Gasteiger partial charge in [-0.25, -0.2) is 0 Å². The molecule has 0 saturated carbocycles. The Labute approximate surface area is 119 Å². The standard InChI is InChI=1S/C15H22N2O3/c1-11(2)15(3,14(19)20)10-13(18)17-9-6-12-4-7-16-8-5-12/h4-5,7-8,11H,6,9-10H2,1-3H3,(H,17,18)(H,19,20). The number of pyridine rings is 1. The molecule has 1 aromatic rings. The van der Waals surface area contributed by atoms with Gasteiger partial charge in [0, 0.05) is 25.4 Å². The molecule has 1 unspecified atom stereocenters. The zero-order valence-electron chi connectivity index (χ0n) is 12.2. The number of aliphatic carboxylic acids is 1. The summed E-state index contributed by atoms with van der Waals surface area (Å²) in [5.74, 6) is -1.26. The van der Waals surface area contributed by atoms with E-state index in [0.717, 1.165) is 5.56 Å². The van der Waals surface area contributed by atoms with Crippen LogP contribution in [0.1, 0.15) is 32.8 Å². The number of nitrogens with one attached hydrogen (secondary N) is 1. The third-order valence-electron chi connectivity index (χ3n) is 3.78. The number of rotatable bonds is 7. The van der Waals surface area contributed by atoms with Crippen molar-refractivity contribution in [2.24, 2.45) is 11.3 Å².